The summed E-state index contributed by atoms with van der Waals surface area (Å²) in [6, 6.07) is 38.9. The molecular weight excluding hydrogens is 1360 g/mol. The SMILES string of the molecule is C/C(O)=C/C(=[OH+])CCC(=O)OC1CCC2(C)C(=CCC3C2CCC2(C)C(C(C)CCC(=O)NCCNC(=O)c4cc5cc6c7c(c5oc4=O)CCCN7CCC6)CCC32)C1.[Ir].[c-]1c(-c2ccccn2)sc2ccccc12.[c-]1c(-c2ccccn2)sc2ccccc12. The third kappa shape index (κ3) is 14.4. The number of aryl methyl sites for hydroxylation is 2. The zero-order valence-corrected chi connectivity index (χ0v) is 56.5. The monoisotopic (exact) mass is 1440 g/mol. The van der Waals surface area contributed by atoms with Crippen molar-refractivity contribution in [1.82, 2.24) is 20.6 Å². The molecule has 1 radical (unpaired) electrons. The number of anilines is 1. The maximum Gasteiger partial charge on any atom is 0.349 e. The molecule has 4 N–H and O–H groups in total. The number of nitrogens with zero attached hydrogens (tertiary/aromatic N) is 3. The van der Waals surface area contributed by atoms with Gasteiger partial charge in [0.05, 0.1) is 24.7 Å². The van der Waals surface area contributed by atoms with Crippen LogP contribution in [0, 0.1) is 52.6 Å². The average molecular weight is 1440 g/mol. The number of allylic oxidation sites excluding steroid dienone is 3. The number of ether oxygens (including phenoxy) is 1. The van der Waals surface area contributed by atoms with Crippen LogP contribution in [0.2, 0.25) is 0 Å². The van der Waals surface area contributed by atoms with Crippen molar-refractivity contribution in [3.63, 3.8) is 0 Å². The first-order valence-corrected chi connectivity index (χ1v) is 34.1. The number of hydrogen-bond acceptors (Lipinski definition) is 12. The first-order chi connectivity index (χ1) is 43.6. The first-order valence-electron chi connectivity index (χ1n) is 32.5. The summed E-state index contributed by atoms with van der Waals surface area (Å²) in [6.07, 6.45) is 21.3. The Morgan fingerprint density at radius 2 is 1.48 bits per heavy atom. The van der Waals surface area contributed by atoms with Gasteiger partial charge in [-0.05, 0) is 173 Å². The topological polar surface area (TPSA) is 185 Å². The fourth-order valence-electron chi connectivity index (χ4n) is 16.3. The van der Waals surface area contributed by atoms with Crippen LogP contribution in [-0.4, -0.2) is 75.7 Å². The van der Waals surface area contributed by atoms with E-state index in [1.807, 2.05) is 60.9 Å². The number of aliphatic hydroxyl groups excluding tert-OH is 1. The maximum absolute atomic E-state index is 13.1. The van der Waals surface area contributed by atoms with Crippen molar-refractivity contribution in [2.24, 2.45) is 40.4 Å². The number of pyridine rings is 2. The van der Waals surface area contributed by atoms with Gasteiger partial charge in [0.1, 0.15) is 17.3 Å². The van der Waals surface area contributed by atoms with E-state index >= 15 is 0 Å². The number of ketones is 1. The summed E-state index contributed by atoms with van der Waals surface area (Å²) in [5.41, 5.74) is 7.40. The van der Waals surface area contributed by atoms with Gasteiger partial charge >= 0.3 is 17.4 Å². The molecule has 8 unspecified atom stereocenters. The Morgan fingerprint density at radius 3 is 2.14 bits per heavy atom. The number of aromatic nitrogens is 2. The molecule has 4 aliphatic carbocycles. The Hall–Kier alpha value is -7.10. The molecule has 91 heavy (non-hydrogen) atoms. The summed E-state index contributed by atoms with van der Waals surface area (Å²) in [4.78, 5) is 75.0. The van der Waals surface area contributed by atoms with Crippen LogP contribution in [0.3, 0.4) is 0 Å². The molecule has 3 fully saturated rings. The molecule has 0 saturated heterocycles. The smallest absolute Gasteiger partial charge is 0.349 e. The second-order valence-corrected chi connectivity index (χ2v) is 28.3. The Labute approximate surface area is 554 Å². The normalized spacial score (nSPS) is 23.3. The van der Waals surface area contributed by atoms with Crippen LogP contribution < -0.4 is 21.2 Å². The van der Waals surface area contributed by atoms with E-state index < -0.39 is 11.5 Å². The molecule has 0 spiro atoms. The first kappa shape index (κ1) is 65.4. The predicted octanol–water partition coefficient (Wildman–Crippen LogP) is 15.6. The molecule has 2 aliphatic heterocycles. The molecule has 8 atom stereocenters. The molecule has 0 bridgehead atoms. The Morgan fingerprint density at radius 1 is 0.824 bits per heavy atom. The largest absolute Gasteiger partial charge is 0.512 e. The minimum Gasteiger partial charge on any atom is -0.512 e. The van der Waals surface area contributed by atoms with Gasteiger partial charge < -0.3 is 39.8 Å². The van der Waals surface area contributed by atoms with E-state index in [1.165, 1.54) is 75.7 Å². The fraction of sp³-hybridized carbons (Fsp3) is 0.427. The molecule has 13 nitrogen and oxygen atoms in total. The number of esters is 1. The summed E-state index contributed by atoms with van der Waals surface area (Å²) >= 11 is 3.46. The van der Waals surface area contributed by atoms with E-state index in [-0.39, 0.29) is 85.4 Å². The van der Waals surface area contributed by atoms with Gasteiger partial charge in [-0.1, -0.05) is 81.0 Å². The summed E-state index contributed by atoms with van der Waals surface area (Å²) in [7, 11) is 0. The molecule has 2 amide bonds. The molecule has 477 valence electrons. The number of carbonyl (C=O) groups excluding carboxylic acids is 4. The average Bonchev–Trinajstić information content (AvgIpc) is 1.72. The van der Waals surface area contributed by atoms with E-state index in [0.29, 0.717) is 48.1 Å². The number of hydrogen-bond donors (Lipinski definition) is 3. The summed E-state index contributed by atoms with van der Waals surface area (Å²) in [5.74, 6) is 2.14. The van der Waals surface area contributed by atoms with Gasteiger partial charge in [0.25, 0.3) is 5.91 Å². The van der Waals surface area contributed by atoms with Crippen LogP contribution in [0.15, 0.2) is 142 Å². The zero-order chi connectivity index (χ0) is 62.5. The van der Waals surface area contributed by atoms with Crippen LogP contribution in [-0.2, 0) is 47.3 Å². The van der Waals surface area contributed by atoms with Crippen molar-refractivity contribution in [3.8, 4) is 21.1 Å². The number of nitrogens with one attached hydrogen (secondary N) is 2. The van der Waals surface area contributed by atoms with E-state index in [2.05, 4.69) is 107 Å². The number of aliphatic hydroxyl groups is 1. The van der Waals surface area contributed by atoms with Gasteiger partial charge in [-0.25, -0.2) is 27.5 Å². The fourth-order valence-corrected chi connectivity index (χ4v) is 18.2. The zero-order valence-electron chi connectivity index (χ0n) is 52.5. The number of rotatable bonds is 15. The number of thiophene rings is 2. The molecule has 3 aromatic carbocycles. The molecule has 3 saturated carbocycles. The van der Waals surface area contributed by atoms with Crippen molar-refractivity contribution < 1.29 is 53.5 Å². The number of fused-ring (bicyclic) bond motifs is 9. The number of benzene rings is 3. The molecule has 14 rings (SSSR count). The third-order valence-electron chi connectivity index (χ3n) is 20.6. The molecule has 8 aromatic rings. The standard InChI is InChI=1S/C49H65N3O8.2C13H8NS.Ir/c1-29(9-15-42(55)50-21-22-51-46(57)38-27-32-26-31-7-5-23-52-24-6-8-37(44(31)52)45(32)60-47(38)58)39-13-14-40-36-12-10-33-28-35(59-43(56)16-11-34(54)25-30(2)53)17-19-48(33,3)41(36)18-20-49(39,40)4;2*1-2-7-12-10(5-1)9-13(15-12)11-6-3-4-8-14-11;/h10,25-27,29,35-36,39-41,53H,5-9,11-24,28H2,1-4H3,(H,50,55)(H,51,57);2*1-8H;/q;2*-1;/p+1/b30-25-;;;. The van der Waals surface area contributed by atoms with Crippen LogP contribution in [0.4, 0.5) is 5.69 Å². The Kier molecular flexibility index (Phi) is 20.7. The summed E-state index contributed by atoms with van der Waals surface area (Å²) < 4.78 is 14.2. The second-order valence-electron chi connectivity index (χ2n) is 26.2. The molecule has 5 aromatic heterocycles. The molecule has 16 heteroatoms. The summed E-state index contributed by atoms with van der Waals surface area (Å²) in [5, 5.41) is 18.3. The minimum absolute atomic E-state index is 0. The van der Waals surface area contributed by atoms with Crippen LogP contribution in [0.25, 0.3) is 52.3 Å². The van der Waals surface area contributed by atoms with Crippen LogP contribution in [0.1, 0.15) is 139 Å². The maximum atomic E-state index is 13.1. The predicted molar refractivity (Wildman–Crippen MR) is 360 cm³/mol. The Balaban J connectivity index is 0.000000220. The number of carbonyl (C=O) groups is 3. The minimum atomic E-state index is -0.627. The van der Waals surface area contributed by atoms with E-state index in [9.17, 15) is 29.1 Å². The van der Waals surface area contributed by atoms with E-state index in [1.54, 1.807) is 28.7 Å². The van der Waals surface area contributed by atoms with Gasteiger partial charge in [0.15, 0.2) is 0 Å². The molecular formula is C75H82IrN5O8S2-. The second kappa shape index (κ2) is 28.8. The van der Waals surface area contributed by atoms with Gasteiger partial charge in [-0.3, -0.25) is 19.2 Å². The number of amides is 2. The van der Waals surface area contributed by atoms with Gasteiger partial charge in [0.2, 0.25) is 5.91 Å². The third-order valence-corrected chi connectivity index (χ3v) is 22.8. The van der Waals surface area contributed by atoms with Gasteiger partial charge in [0, 0.05) is 99.5 Å². The van der Waals surface area contributed by atoms with Crippen molar-refractivity contribution >= 4 is 83.1 Å². The van der Waals surface area contributed by atoms with Crippen molar-refractivity contribution in [2.75, 3.05) is 31.1 Å². The van der Waals surface area contributed by atoms with Crippen LogP contribution in [0.5, 0.6) is 0 Å². The van der Waals surface area contributed by atoms with Crippen molar-refractivity contribution in [1.29, 1.82) is 0 Å². The molecule has 7 heterocycles. The molecule has 6 aliphatic rings. The van der Waals surface area contributed by atoms with Gasteiger partial charge in [-0.2, -0.15) is 0 Å². The summed E-state index contributed by atoms with van der Waals surface area (Å²) in [6.45, 7) is 11.4. The van der Waals surface area contributed by atoms with Crippen molar-refractivity contribution in [2.45, 2.75) is 137 Å². The quantitative estimate of drug-likeness (QED) is 0.0130. The Bertz CT molecular complexity index is 3890. The van der Waals surface area contributed by atoms with E-state index in [4.69, 9.17) is 9.15 Å². The van der Waals surface area contributed by atoms with Crippen LogP contribution >= 0.6 is 22.7 Å². The van der Waals surface area contributed by atoms with Crippen molar-refractivity contribution in [3.05, 3.63) is 172 Å². The van der Waals surface area contributed by atoms with E-state index in [0.717, 1.165) is 103 Å². The van der Waals surface area contributed by atoms with Gasteiger partial charge in [-0.15, -0.1) is 47.2 Å².